The number of allylic oxidation sites excluding steroid dienone is 2. The second-order valence-electron chi connectivity index (χ2n) is 6.10. The first-order valence-corrected chi connectivity index (χ1v) is 7.13. The van der Waals surface area contributed by atoms with Crippen molar-refractivity contribution in [3.05, 3.63) is 41.5 Å². The quantitative estimate of drug-likeness (QED) is 0.515. The number of rotatable bonds is 3. The molecule has 0 aromatic heterocycles. The van der Waals surface area contributed by atoms with E-state index in [9.17, 15) is 4.79 Å². The van der Waals surface area contributed by atoms with Gasteiger partial charge in [-0.15, -0.1) is 0 Å². The Morgan fingerprint density at radius 2 is 2.05 bits per heavy atom. The third-order valence-corrected chi connectivity index (χ3v) is 4.16. The molecule has 1 unspecified atom stereocenters. The number of benzene rings is 1. The lowest BCUT2D eigenvalue weighted by Crippen LogP contribution is -2.37. The van der Waals surface area contributed by atoms with Crippen LogP contribution in [-0.4, -0.2) is 11.6 Å². The van der Waals surface area contributed by atoms with Crippen molar-refractivity contribution in [2.24, 2.45) is 5.92 Å². The van der Waals surface area contributed by atoms with Gasteiger partial charge in [-0.1, -0.05) is 23.8 Å². The Morgan fingerprint density at radius 3 is 2.65 bits per heavy atom. The van der Waals surface area contributed by atoms with E-state index in [1.54, 1.807) is 18.2 Å². The van der Waals surface area contributed by atoms with E-state index in [1.165, 1.54) is 5.57 Å². The molecule has 0 radical (unpaired) electrons. The van der Waals surface area contributed by atoms with Crippen LogP contribution in [-0.2, 0) is 4.74 Å². The Balaban J connectivity index is 2.08. The highest BCUT2D eigenvalue weighted by atomic mass is 16.6. The van der Waals surface area contributed by atoms with Crippen LogP contribution in [0.15, 0.2) is 35.9 Å². The van der Waals surface area contributed by atoms with Crippen LogP contribution in [0, 0.1) is 5.92 Å². The predicted octanol–water partition coefficient (Wildman–Crippen LogP) is 3.95. The van der Waals surface area contributed by atoms with Crippen molar-refractivity contribution in [1.82, 2.24) is 0 Å². The molecule has 108 valence electrons. The van der Waals surface area contributed by atoms with Gasteiger partial charge in [0.25, 0.3) is 0 Å². The van der Waals surface area contributed by atoms with Crippen molar-refractivity contribution >= 4 is 11.7 Å². The molecule has 1 atom stereocenters. The van der Waals surface area contributed by atoms with Crippen molar-refractivity contribution in [2.75, 3.05) is 5.73 Å². The standard InChI is InChI=1S/C17H23NO2/c1-12-8-10-13(11-9-12)17(2,3)20-16(19)14-6-4-5-7-15(14)18/h4-8,13H,9-11,18H2,1-3H3. The minimum atomic E-state index is -0.476. The molecule has 0 bridgehead atoms. The lowest BCUT2D eigenvalue weighted by Gasteiger charge is -2.35. The lowest BCUT2D eigenvalue weighted by atomic mass is 9.79. The average molecular weight is 273 g/mol. The van der Waals surface area contributed by atoms with E-state index in [2.05, 4.69) is 13.0 Å². The molecule has 3 heteroatoms. The molecule has 0 saturated carbocycles. The average Bonchev–Trinajstić information content (AvgIpc) is 2.39. The molecular weight excluding hydrogens is 250 g/mol. The highest BCUT2D eigenvalue weighted by Gasteiger charge is 2.34. The molecule has 3 nitrogen and oxygen atoms in total. The molecule has 1 aliphatic carbocycles. The maximum absolute atomic E-state index is 12.3. The summed E-state index contributed by atoms with van der Waals surface area (Å²) in [7, 11) is 0. The summed E-state index contributed by atoms with van der Waals surface area (Å²) in [5.74, 6) is 0.0273. The first-order chi connectivity index (χ1) is 9.40. The molecule has 1 aromatic rings. The van der Waals surface area contributed by atoms with Crippen LogP contribution >= 0.6 is 0 Å². The van der Waals surface area contributed by atoms with Crippen molar-refractivity contribution in [2.45, 2.75) is 45.6 Å². The SMILES string of the molecule is CC1=CCC(C(C)(C)OC(=O)c2ccccc2N)CC1. The Morgan fingerprint density at radius 1 is 1.35 bits per heavy atom. The van der Waals surface area contributed by atoms with Crippen LogP contribution < -0.4 is 5.73 Å². The highest BCUT2D eigenvalue weighted by Crippen LogP contribution is 2.34. The smallest absolute Gasteiger partial charge is 0.340 e. The Labute approximate surface area is 120 Å². The fraction of sp³-hybridized carbons (Fsp3) is 0.471. The summed E-state index contributed by atoms with van der Waals surface area (Å²) in [6, 6.07) is 7.04. The van der Waals surface area contributed by atoms with Crippen LogP contribution in [0.3, 0.4) is 0 Å². The van der Waals surface area contributed by atoms with Gasteiger partial charge < -0.3 is 10.5 Å². The topological polar surface area (TPSA) is 52.3 Å². The van der Waals surface area contributed by atoms with E-state index in [0.29, 0.717) is 17.2 Å². The number of carbonyl (C=O) groups is 1. The zero-order valence-corrected chi connectivity index (χ0v) is 12.5. The monoisotopic (exact) mass is 273 g/mol. The third-order valence-electron chi connectivity index (χ3n) is 4.16. The molecule has 2 rings (SSSR count). The van der Waals surface area contributed by atoms with Crippen LogP contribution in [0.1, 0.15) is 50.4 Å². The van der Waals surface area contributed by atoms with Crippen molar-refractivity contribution in [1.29, 1.82) is 0 Å². The molecule has 0 aliphatic heterocycles. The number of anilines is 1. The molecule has 0 fully saturated rings. The molecule has 0 spiro atoms. The number of para-hydroxylation sites is 1. The van der Waals surface area contributed by atoms with Crippen LogP contribution in [0.5, 0.6) is 0 Å². The Kier molecular flexibility index (Phi) is 4.17. The summed E-state index contributed by atoms with van der Waals surface area (Å²) < 4.78 is 5.73. The summed E-state index contributed by atoms with van der Waals surface area (Å²) in [5, 5.41) is 0. The van der Waals surface area contributed by atoms with E-state index < -0.39 is 5.60 Å². The molecule has 20 heavy (non-hydrogen) atoms. The first-order valence-electron chi connectivity index (χ1n) is 7.13. The summed E-state index contributed by atoms with van der Waals surface area (Å²) in [6.07, 6.45) is 5.36. The van der Waals surface area contributed by atoms with Gasteiger partial charge in [-0.05, 0) is 52.2 Å². The lowest BCUT2D eigenvalue weighted by molar-refractivity contribution is -0.0321. The van der Waals surface area contributed by atoms with Crippen molar-refractivity contribution < 1.29 is 9.53 Å². The summed E-state index contributed by atoms with van der Waals surface area (Å²) >= 11 is 0. The fourth-order valence-electron chi connectivity index (χ4n) is 2.66. The van der Waals surface area contributed by atoms with Gasteiger partial charge >= 0.3 is 5.97 Å². The Hall–Kier alpha value is -1.77. The first kappa shape index (κ1) is 14.6. The van der Waals surface area contributed by atoms with Gasteiger partial charge in [-0.3, -0.25) is 0 Å². The number of nitrogens with two attached hydrogens (primary N) is 1. The van der Waals surface area contributed by atoms with Gasteiger partial charge in [0.1, 0.15) is 5.60 Å². The third kappa shape index (κ3) is 3.21. The molecule has 0 heterocycles. The molecule has 2 N–H and O–H groups in total. The summed E-state index contributed by atoms with van der Waals surface area (Å²) in [6.45, 7) is 6.13. The second-order valence-corrected chi connectivity index (χ2v) is 6.10. The maximum Gasteiger partial charge on any atom is 0.340 e. The molecule has 0 amide bonds. The van der Waals surface area contributed by atoms with Crippen LogP contribution in [0.2, 0.25) is 0 Å². The fourth-order valence-corrected chi connectivity index (χ4v) is 2.66. The summed E-state index contributed by atoms with van der Waals surface area (Å²) in [4.78, 5) is 12.3. The van der Waals surface area contributed by atoms with Gasteiger partial charge in [0, 0.05) is 11.6 Å². The van der Waals surface area contributed by atoms with E-state index in [4.69, 9.17) is 10.5 Å². The Bertz CT molecular complexity index is 532. The molecular formula is C17H23NO2. The van der Waals surface area contributed by atoms with E-state index >= 15 is 0 Å². The second kappa shape index (κ2) is 5.70. The van der Waals surface area contributed by atoms with Gasteiger partial charge in [-0.2, -0.15) is 0 Å². The minimum absolute atomic E-state index is 0.334. The zero-order chi connectivity index (χ0) is 14.8. The van der Waals surface area contributed by atoms with E-state index in [0.717, 1.165) is 19.3 Å². The molecule has 1 aromatic carbocycles. The minimum Gasteiger partial charge on any atom is -0.456 e. The van der Waals surface area contributed by atoms with Gasteiger partial charge in [0.15, 0.2) is 0 Å². The number of carbonyl (C=O) groups excluding carboxylic acids is 1. The summed E-state index contributed by atoms with van der Waals surface area (Å²) in [5.41, 5.74) is 7.69. The largest absolute Gasteiger partial charge is 0.456 e. The van der Waals surface area contributed by atoms with Gasteiger partial charge in [-0.25, -0.2) is 4.79 Å². The molecule has 0 saturated heterocycles. The number of hydrogen-bond acceptors (Lipinski definition) is 3. The van der Waals surface area contributed by atoms with Crippen LogP contribution in [0.4, 0.5) is 5.69 Å². The van der Waals surface area contributed by atoms with Gasteiger partial charge in [0.05, 0.1) is 5.56 Å². The number of hydrogen-bond donors (Lipinski definition) is 1. The predicted molar refractivity (Wildman–Crippen MR) is 81.4 cm³/mol. The zero-order valence-electron chi connectivity index (χ0n) is 12.5. The maximum atomic E-state index is 12.3. The van der Waals surface area contributed by atoms with E-state index in [1.807, 2.05) is 19.9 Å². The highest BCUT2D eigenvalue weighted by molar-refractivity contribution is 5.95. The van der Waals surface area contributed by atoms with Crippen molar-refractivity contribution in [3.63, 3.8) is 0 Å². The molecule has 1 aliphatic rings. The number of ether oxygens (including phenoxy) is 1. The normalized spacial score (nSPS) is 19.4. The van der Waals surface area contributed by atoms with Crippen LogP contribution in [0.25, 0.3) is 0 Å². The van der Waals surface area contributed by atoms with Crippen molar-refractivity contribution in [3.8, 4) is 0 Å². The number of esters is 1. The van der Waals surface area contributed by atoms with E-state index in [-0.39, 0.29) is 5.97 Å². The van der Waals surface area contributed by atoms with Gasteiger partial charge in [0.2, 0.25) is 0 Å². The number of nitrogen functional groups attached to an aromatic ring is 1.